The van der Waals surface area contributed by atoms with Gasteiger partial charge in [-0.05, 0) is 25.2 Å². The molecule has 1 aromatic rings. The van der Waals surface area contributed by atoms with Crippen molar-refractivity contribution in [3.8, 4) is 0 Å². The van der Waals surface area contributed by atoms with E-state index in [1.165, 1.54) is 0 Å². The van der Waals surface area contributed by atoms with Gasteiger partial charge in [0.15, 0.2) is 0 Å². The number of halogens is 2. The van der Waals surface area contributed by atoms with Crippen molar-refractivity contribution in [1.82, 2.24) is 5.32 Å². The van der Waals surface area contributed by atoms with Gasteiger partial charge in [0.1, 0.15) is 0 Å². The van der Waals surface area contributed by atoms with Crippen LogP contribution in [0.5, 0.6) is 0 Å². The Morgan fingerprint density at radius 1 is 1.50 bits per heavy atom. The molecule has 0 saturated carbocycles. The number of hydrogen-bond donors (Lipinski definition) is 2. The molecule has 0 heterocycles. The summed E-state index contributed by atoms with van der Waals surface area (Å²) < 4.78 is 11.9. The first-order valence-electron chi connectivity index (χ1n) is 4.70. The van der Waals surface area contributed by atoms with Crippen molar-refractivity contribution in [3.63, 3.8) is 0 Å². The molecule has 0 bridgehead atoms. The third-order valence-electron chi connectivity index (χ3n) is 1.92. The first-order chi connectivity index (χ1) is 7.54. The molecular weight excluding hydrogens is 269 g/mol. The number of likely N-dealkylation sites (N-methyl/N-ethyl adjacent to an activating group) is 1. The normalized spacial score (nSPS) is 14.8. The van der Waals surface area contributed by atoms with Gasteiger partial charge in [0.25, 0.3) is 0 Å². The maximum absolute atomic E-state index is 11.9. The molecule has 0 aliphatic rings. The SMILES string of the molecule is CNCC(O)CS(=O)c1cc(Cl)ccc1Cl. The van der Waals surface area contributed by atoms with E-state index >= 15 is 0 Å². The predicted molar refractivity (Wildman–Crippen MR) is 67.7 cm³/mol. The molecule has 6 heteroatoms. The van der Waals surface area contributed by atoms with E-state index in [9.17, 15) is 9.32 Å². The fourth-order valence-corrected chi connectivity index (χ4v) is 3.01. The molecule has 1 rings (SSSR count). The van der Waals surface area contributed by atoms with Gasteiger partial charge >= 0.3 is 0 Å². The minimum Gasteiger partial charge on any atom is -0.391 e. The van der Waals surface area contributed by atoms with Gasteiger partial charge in [-0.25, -0.2) is 0 Å². The number of benzene rings is 1. The lowest BCUT2D eigenvalue weighted by molar-refractivity contribution is 0.198. The maximum atomic E-state index is 11.9. The Hall–Kier alpha value is -0.130. The van der Waals surface area contributed by atoms with Crippen LogP contribution in [0.15, 0.2) is 23.1 Å². The maximum Gasteiger partial charge on any atom is 0.0783 e. The first kappa shape index (κ1) is 13.9. The molecule has 0 aromatic heterocycles. The molecule has 0 saturated heterocycles. The second-order valence-corrected chi connectivity index (χ2v) is 5.61. The summed E-state index contributed by atoms with van der Waals surface area (Å²) in [6.07, 6.45) is -0.666. The van der Waals surface area contributed by atoms with Gasteiger partial charge in [-0.2, -0.15) is 0 Å². The van der Waals surface area contributed by atoms with E-state index in [0.717, 1.165) is 0 Å². The van der Waals surface area contributed by atoms with E-state index in [2.05, 4.69) is 5.32 Å². The molecule has 1 aromatic carbocycles. The van der Waals surface area contributed by atoms with Crippen LogP contribution in [0, 0.1) is 0 Å². The standard InChI is InChI=1S/C10H13Cl2NO2S/c1-13-5-8(14)6-16(15)10-4-7(11)2-3-9(10)12/h2-4,8,13-14H,5-6H2,1H3. The highest BCUT2D eigenvalue weighted by atomic mass is 35.5. The summed E-state index contributed by atoms with van der Waals surface area (Å²) in [6.45, 7) is 0.393. The number of aliphatic hydroxyl groups excluding tert-OH is 1. The monoisotopic (exact) mass is 281 g/mol. The predicted octanol–water partition coefficient (Wildman–Crippen LogP) is 1.68. The number of aliphatic hydroxyl groups is 1. The second-order valence-electron chi connectivity index (χ2n) is 3.30. The summed E-state index contributed by atoms with van der Waals surface area (Å²) in [5, 5.41) is 13.2. The van der Waals surface area contributed by atoms with Crippen LogP contribution in [0.4, 0.5) is 0 Å². The molecule has 2 atom stereocenters. The fourth-order valence-electron chi connectivity index (χ4n) is 1.21. The molecule has 90 valence electrons. The summed E-state index contributed by atoms with van der Waals surface area (Å²) in [4.78, 5) is 0.462. The van der Waals surface area contributed by atoms with Crippen LogP contribution >= 0.6 is 23.2 Å². The first-order valence-corrected chi connectivity index (χ1v) is 6.78. The van der Waals surface area contributed by atoms with E-state index in [-0.39, 0.29) is 5.75 Å². The molecule has 2 N–H and O–H groups in total. The Labute approximate surface area is 107 Å². The lowest BCUT2D eigenvalue weighted by Crippen LogP contribution is -2.28. The third-order valence-corrected chi connectivity index (χ3v) is 4.11. The number of hydrogen-bond acceptors (Lipinski definition) is 3. The summed E-state index contributed by atoms with van der Waals surface area (Å²) in [5.41, 5.74) is 0. The summed E-state index contributed by atoms with van der Waals surface area (Å²) in [6, 6.07) is 4.79. The van der Waals surface area contributed by atoms with E-state index in [0.29, 0.717) is 21.5 Å². The van der Waals surface area contributed by atoms with Crippen LogP contribution in [-0.4, -0.2) is 34.8 Å². The number of rotatable bonds is 5. The minimum atomic E-state index is -1.34. The lowest BCUT2D eigenvalue weighted by atomic mass is 10.4. The topological polar surface area (TPSA) is 49.3 Å². The smallest absolute Gasteiger partial charge is 0.0783 e. The molecular formula is C10H13Cl2NO2S. The van der Waals surface area contributed by atoms with Gasteiger partial charge in [0.05, 0.1) is 32.6 Å². The van der Waals surface area contributed by atoms with Crippen LogP contribution in [0.25, 0.3) is 0 Å². The van der Waals surface area contributed by atoms with E-state index in [4.69, 9.17) is 23.2 Å². The average molecular weight is 282 g/mol. The van der Waals surface area contributed by atoms with Crippen molar-refractivity contribution in [2.24, 2.45) is 0 Å². The van der Waals surface area contributed by atoms with Gasteiger partial charge in [0.2, 0.25) is 0 Å². The molecule has 0 aliphatic carbocycles. The second kappa shape index (κ2) is 6.57. The van der Waals surface area contributed by atoms with Crippen molar-refractivity contribution in [2.45, 2.75) is 11.0 Å². The van der Waals surface area contributed by atoms with E-state index < -0.39 is 16.9 Å². The van der Waals surface area contributed by atoms with Crippen molar-refractivity contribution in [1.29, 1.82) is 0 Å². The van der Waals surface area contributed by atoms with E-state index in [1.807, 2.05) is 0 Å². The van der Waals surface area contributed by atoms with Crippen molar-refractivity contribution in [3.05, 3.63) is 28.2 Å². The molecule has 0 radical (unpaired) electrons. The van der Waals surface area contributed by atoms with Crippen LogP contribution in [-0.2, 0) is 10.8 Å². The van der Waals surface area contributed by atoms with Crippen molar-refractivity contribution < 1.29 is 9.32 Å². The van der Waals surface area contributed by atoms with Crippen molar-refractivity contribution in [2.75, 3.05) is 19.3 Å². The molecule has 2 unspecified atom stereocenters. The van der Waals surface area contributed by atoms with Gasteiger partial charge in [0, 0.05) is 11.6 Å². The minimum absolute atomic E-state index is 0.140. The van der Waals surface area contributed by atoms with Gasteiger partial charge < -0.3 is 10.4 Å². The molecule has 3 nitrogen and oxygen atoms in total. The molecule has 0 aliphatic heterocycles. The molecule has 16 heavy (non-hydrogen) atoms. The van der Waals surface area contributed by atoms with Crippen LogP contribution in [0.1, 0.15) is 0 Å². The highest BCUT2D eigenvalue weighted by Crippen LogP contribution is 2.24. The molecule has 0 amide bonds. The van der Waals surface area contributed by atoms with Crippen molar-refractivity contribution >= 4 is 34.0 Å². The Kier molecular flexibility index (Phi) is 5.72. The largest absolute Gasteiger partial charge is 0.391 e. The highest BCUT2D eigenvalue weighted by Gasteiger charge is 2.13. The van der Waals surface area contributed by atoms with Gasteiger partial charge in [-0.1, -0.05) is 23.2 Å². The summed E-state index contributed by atoms with van der Waals surface area (Å²) in [5.74, 6) is 0.140. The summed E-state index contributed by atoms with van der Waals surface area (Å²) >= 11 is 11.7. The van der Waals surface area contributed by atoms with Crippen LogP contribution < -0.4 is 5.32 Å². The van der Waals surface area contributed by atoms with E-state index in [1.54, 1.807) is 25.2 Å². The van der Waals surface area contributed by atoms with Gasteiger partial charge in [-0.15, -0.1) is 0 Å². The average Bonchev–Trinajstić information content (AvgIpc) is 2.21. The molecule has 0 spiro atoms. The van der Waals surface area contributed by atoms with Gasteiger partial charge in [-0.3, -0.25) is 4.21 Å². The molecule has 0 fully saturated rings. The Bertz CT molecular complexity index is 387. The zero-order valence-corrected chi connectivity index (χ0v) is 11.1. The quantitative estimate of drug-likeness (QED) is 0.864. The highest BCUT2D eigenvalue weighted by molar-refractivity contribution is 7.85. The third kappa shape index (κ3) is 4.03. The zero-order chi connectivity index (χ0) is 12.1. The Morgan fingerprint density at radius 2 is 2.19 bits per heavy atom. The van der Waals surface area contributed by atoms with Crippen LogP contribution in [0.2, 0.25) is 10.0 Å². The Morgan fingerprint density at radius 3 is 2.81 bits per heavy atom. The Balaban J connectivity index is 2.76. The zero-order valence-electron chi connectivity index (χ0n) is 8.74. The fraction of sp³-hybridized carbons (Fsp3) is 0.400. The van der Waals surface area contributed by atoms with Crippen LogP contribution in [0.3, 0.4) is 0 Å². The summed E-state index contributed by atoms with van der Waals surface area (Å²) in [7, 11) is 0.378. The number of nitrogens with one attached hydrogen (secondary N) is 1. The lowest BCUT2D eigenvalue weighted by Gasteiger charge is -2.10.